The molecule has 0 aliphatic rings. The zero-order chi connectivity index (χ0) is 18.5. The molecule has 26 heavy (non-hydrogen) atoms. The summed E-state index contributed by atoms with van der Waals surface area (Å²) in [4.78, 5) is 14.3. The van der Waals surface area contributed by atoms with E-state index in [-0.39, 0.29) is 12.1 Å². The normalized spacial score (nSPS) is 12.2. The van der Waals surface area contributed by atoms with Crippen LogP contribution in [-0.4, -0.2) is 38.7 Å². The second kappa shape index (κ2) is 7.93. The van der Waals surface area contributed by atoms with Gasteiger partial charge >= 0.3 is 6.03 Å². The second-order valence-corrected chi connectivity index (χ2v) is 6.20. The SMILES string of the molecule is COc1ccccc1NC(=O)NC[C@H](c1cc2ccccc2o1)N(C)C. The van der Waals surface area contributed by atoms with Crippen molar-refractivity contribution >= 4 is 22.7 Å². The highest BCUT2D eigenvalue weighted by molar-refractivity contribution is 5.90. The highest BCUT2D eigenvalue weighted by atomic mass is 16.5. The minimum absolute atomic E-state index is 0.0779. The molecule has 2 amide bonds. The van der Waals surface area contributed by atoms with Gasteiger partial charge in [-0.1, -0.05) is 30.3 Å². The number of para-hydroxylation sites is 3. The number of ether oxygens (including phenoxy) is 1. The number of hydrogen-bond donors (Lipinski definition) is 2. The third-order valence-electron chi connectivity index (χ3n) is 4.21. The number of hydrogen-bond acceptors (Lipinski definition) is 4. The van der Waals surface area contributed by atoms with Crippen molar-refractivity contribution < 1.29 is 13.9 Å². The molecule has 0 aliphatic heterocycles. The van der Waals surface area contributed by atoms with Crippen molar-refractivity contribution in [1.29, 1.82) is 0 Å². The molecule has 2 aromatic carbocycles. The Morgan fingerprint density at radius 2 is 1.88 bits per heavy atom. The van der Waals surface area contributed by atoms with E-state index in [9.17, 15) is 4.79 Å². The van der Waals surface area contributed by atoms with Crippen LogP contribution in [0, 0.1) is 0 Å². The summed E-state index contributed by atoms with van der Waals surface area (Å²) in [6.45, 7) is 0.411. The maximum Gasteiger partial charge on any atom is 0.319 e. The van der Waals surface area contributed by atoms with Crippen molar-refractivity contribution in [3.8, 4) is 5.75 Å². The van der Waals surface area contributed by atoms with Gasteiger partial charge in [-0.2, -0.15) is 0 Å². The van der Waals surface area contributed by atoms with Crippen molar-refractivity contribution in [3.05, 3.63) is 60.4 Å². The third kappa shape index (κ3) is 3.97. The molecule has 0 unspecified atom stereocenters. The topological polar surface area (TPSA) is 66.7 Å². The van der Waals surface area contributed by atoms with Crippen molar-refractivity contribution in [2.24, 2.45) is 0 Å². The van der Waals surface area contributed by atoms with Gasteiger partial charge in [-0.05, 0) is 38.4 Å². The molecule has 0 saturated carbocycles. The maximum absolute atomic E-state index is 12.3. The Bertz CT molecular complexity index is 856. The predicted molar refractivity (Wildman–Crippen MR) is 103 cm³/mol. The van der Waals surface area contributed by atoms with Crippen molar-refractivity contribution in [3.63, 3.8) is 0 Å². The first-order valence-electron chi connectivity index (χ1n) is 8.41. The van der Waals surface area contributed by atoms with Crippen LogP contribution in [0.1, 0.15) is 11.8 Å². The van der Waals surface area contributed by atoms with Gasteiger partial charge in [0.25, 0.3) is 0 Å². The summed E-state index contributed by atoms with van der Waals surface area (Å²) in [5.74, 6) is 1.43. The molecule has 0 bridgehead atoms. The van der Waals surface area contributed by atoms with E-state index in [2.05, 4.69) is 10.6 Å². The Labute approximate surface area is 152 Å². The van der Waals surface area contributed by atoms with Gasteiger partial charge in [0.2, 0.25) is 0 Å². The number of urea groups is 1. The van der Waals surface area contributed by atoms with E-state index in [4.69, 9.17) is 9.15 Å². The molecular weight excluding hydrogens is 330 g/mol. The van der Waals surface area contributed by atoms with E-state index in [0.717, 1.165) is 16.7 Å². The lowest BCUT2D eigenvalue weighted by atomic mass is 10.2. The van der Waals surface area contributed by atoms with Gasteiger partial charge in [-0.15, -0.1) is 0 Å². The number of amides is 2. The predicted octanol–water partition coefficient (Wildman–Crippen LogP) is 3.87. The van der Waals surface area contributed by atoms with Crippen LogP contribution in [0.3, 0.4) is 0 Å². The fraction of sp³-hybridized carbons (Fsp3) is 0.250. The van der Waals surface area contributed by atoms with Crippen molar-refractivity contribution in [2.45, 2.75) is 6.04 Å². The number of carbonyl (C=O) groups is 1. The van der Waals surface area contributed by atoms with Crippen molar-refractivity contribution in [2.75, 3.05) is 33.1 Å². The molecule has 0 radical (unpaired) electrons. The molecule has 1 atom stereocenters. The Balaban J connectivity index is 1.68. The molecule has 2 N–H and O–H groups in total. The van der Waals surface area contributed by atoms with Crippen LogP contribution < -0.4 is 15.4 Å². The van der Waals surface area contributed by atoms with E-state index in [1.54, 1.807) is 19.2 Å². The van der Waals surface area contributed by atoms with Crippen LogP contribution in [0.25, 0.3) is 11.0 Å². The molecule has 0 fully saturated rings. The average molecular weight is 353 g/mol. The van der Waals surface area contributed by atoms with Crippen LogP contribution in [0.4, 0.5) is 10.5 Å². The molecular formula is C20H23N3O3. The third-order valence-corrected chi connectivity index (χ3v) is 4.21. The van der Waals surface area contributed by atoms with E-state index >= 15 is 0 Å². The first kappa shape index (κ1) is 17.8. The Kier molecular flexibility index (Phi) is 5.43. The second-order valence-electron chi connectivity index (χ2n) is 6.20. The lowest BCUT2D eigenvalue weighted by Crippen LogP contribution is -2.36. The monoisotopic (exact) mass is 353 g/mol. The highest BCUT2D eigenvalue weighted by Gasteiger charge is 2.20. The summed E-state index contributed by atoms with van der Waals surface area (Å²) in [5.41, 5.74) is 1.46. The summed E-state index contributed by atoms with van der Waals surface area (Å²) >= 11 is 0. The van der Waals surface area contributed by atoms with E-state index in [1.807, 2.05) is 61.5 Å². The molecule has 0 saturated heterocycles. The fourth-order valence-corrected chi connectivity index (χ4v) is 2.81. The summed E-state index contributed by atoms with van der Waals surface area (Å²) in [6.07, 6.45) is 0. The average Bonchev–Trinajstić information content (AvgIpc) is 3.05. The first-order chi connectivity index (χ1) is 12.6. The van der Waals surface area contributed by atoms with Gasteiger partial charge in [0.1, 0.15) is 17.1 Å². The molecule has 0 spiro atoms. The summed E-state index contributed by atoms with van der Waals surface area (Å²) in [5, 5.41) is 6.76. The molecule has 136 valence electrons. The first-order valence-corrected chi connectivity index (χ1v) is 8.41. The van der Waals surface area contributed by atoms with Gasteiger partial charge in [0.05, 0.1) is 18.8 Å². The number of likely N-dealkylation sites (N-methyl/N-ethyl adjacent to an activating group) is 1. The maximum atomic E-state index is 12.3. The minimum Gasteiger partial charge on any atom is -0.495 e. The lowest BCUT2D eigenvalue weighted by Gasteiger charge is -2.22. The molecule has 1 aromatic heterocycles. The number of methoxy groups -OCH3 is 1. The summed E-state index contributed by atoms with van der Waals surface area (Å²) < 4.78 is 11.2. The quantitative estimate of drug-likeness (QED) is 0.706. The molecule has 3 aromatic rings. The van der Waals surface area contributed by atoms with E-state index in [1.165, 1.54) is 0 Å². The van der Waals surface area contributed by atoms with Gasteiger partial charge < -0.3 is 19.8 Å². The van der Waals surface area contributed by atoms with Crippen LogP contribution in [0.15, 0.2) is 59.0 Å². The standard InChI is InChI=1S/C20H23N3O3/c1-23(2)16(19-12-14-8-4-6-10-17(14)26-19)13-21-20(24)22-15-9-5-7-11-18(15)25-3/h4-12,16H,13H2,1-3H3,(H2,21,22,24)/t16-/m1/s1. The smallest absolute Gasteiger partial charge is 0.319 e. The van der Waals surface area contributed by atoms with Crippen LogP contribution >= 0.6 is 0 Å². The van der Waals surface area contributed by atoms with Gasteiger partial charge in [-0.3, -0.25) is 4.90 Å². The molecule has 3 rings (SSSR count). The number of nitrogens with one attached hydrogen (secondary N) is 2. The van der Waals surface area contributed by atoms with E-state index in [0.29, 0.717) is 18.0 Å². The van der Waals surface area contributed by atoms with Crippen LogP contribution in [0.2, 0.25) is 0 Å². The fourth-order valence-electron chi connectivity index (χ4n) is 2.81. The number of carbonyl (C=O) groups excluding carboxylic acids is 1. The van der Waals surface area contributed by atoms with E-state index < -0.39 is 0 Å². The Hall–Kier alpha value is -2.99. The number of fused-ring (bicyclic) bond motifs is 1. The number of benzene rings is 2. The van der Waals surface area contributed by atoms with Gasteiger partial charge in [0, 0.05) is 11.9 Å². The molecule has 6 heteroatoms. The van der Waals surface area contributed by atoms with Gasteiger partial charge in [0.15, 0.2) is 0 Å². The van der Waals surface area contributed by atoms with Crippen LogP contribution in [0.5, 0.6) is 5.75 Å². The number of rotatable bonds is 6. The molecule has 1 heterocycles. The largest absolute Gasteiger partial charge is 0.495 e. The van der Waals surface area contributed by atoms with Crippen LogP contribution in [-0.2, 0) is 0 Å². The summed E-state index contributed by atoms with van der Waals surface area (Å²) in [6, 6.07) is 16.8. The van der Waals surface area contributed by atoms with Gasteiger partial charge in [-0.25, -0.2) is 4.79 Å². The van der Waals surface area contributed by atoms with Crippen molar-refractivity contribution in [1.82, 2.24) is 10.2 Å². The Morgan fingerprint density at radius 3 is 2.62 bits per heavy atom. The zero-order valence-electron chi connectivity index (χ0n) is 15.2. The number of nitrogens with zero attached hydrogens (tertiary/aromatic N) is 1. The lowest BCUT2D eigenvalue weighted by molar-refractivity contribution is 0.235. The molecule has 0 aliphatic carbocycles. The zero-order valence-corrected chi connectivity index (χ0v) is 15.2. The Morgan fingerprint density at radius 1 is 1.15 bits per heavy atom. The summed E-state index contributed by atoms with van der Waals surface area (Å²) in [7, 11) is 5.48. The highest BCUT2D eigenvalue weighted by Crippen LogP contribution is 2.26. The molecule has 6 nitrogen and oxygen atoms in total. The minimum atomic E-state index is -0.294. The number of anilines is 1. The number of furan rings is 1.